The normalized spacial score (nSPS) is 13.5. The average Bonchev–Trinajstić information content (AvgIpc) is 3.21. The molecule has 15 heteroatoms. The second-order valence-electron chi connectivity index (χ2n) is 12.7. The number of anilines is 4. The molecule has 3 heterocycles. The highest BCUT2D eigenvalue weighted by Gasteiger charge is 2.22. The minimum Gasteiger partial charge on any atom is -0.483 e. The number of nitrogens with zero attached hydrogens (tertiary/aromatic N) is 3. The van der Waals surface area contributed by atoms with Gasteiger partial charge < -0.3 is 30.7 Å². The van der Waals surface area contributed by atoms with Crippen LogP contribution in [0.25, 0.3) is 32.7 Å². The fourth-order valence-electron chi connectivity index (χ4n) is 6.41. The van der Waals surface area contributed by atoms with Gasteiger partial charge in [0, 0.05) is 34.4 Å². The maximum absolute atomic E-state index is 13.3. The third-order valence-corrected chi connectivity index (χ3v) is 8.92. The summed E-state index contributed by atoms with van der Waals surface area (Å²) in [6.45, 7) is -0.866. The van der Waals surface area contributed by atoms with Gasteiger partial charge in [-0.25, -0.2) is 9.97 Å². The van der Waals surface area contributed by atoms with Crippen LogP contribution in [-0.2, 0) is 9.59 Å². The van der Waals surface area contributed by atoms with Crippen LogP contribution in [0.2, 0.25) is 0 Å². The molecule has 15 nitrogen and oxygen atoms in total. The number of benzene rings is 5. The highest BCUT2D eigenvalue weighted by atomic mass is 16.6. The summed E-state index contributed by atoms with van der Waals surface area (Å²) in [6, 6.07) is 34.9. The molecule has 57 heavy (non-hydrogen) atoms. The first-order valence-electron chi connectivity index (χ1n) is 17.4. The van der Waals surface area contributed by atoms with Gasteiger partial charge in [0.25, 0.3) is 29.3 Å². The summed E-state index contributed by atoms with van der Waals surface area (Å²) < 4.78 is 12.4. The number of fused-ring (bicyclic) bond motifs is 13. The second kappa shape index (κ2) is 15.3. The fraction of sp³-hybridized carbons (Fsp3) is 0.0476. The van der Waals surface area contributed by atoms with Gasteiger partial charge in [0.05, 0.1) is 4.92 Å². The van der Waals surface area contributed by atoms with Crippen LogP contribution >= 0.6 is 0 Å². The molecule has 1 aliphatic rings. The van der Waals surface area contributed by atoms with Crippen molar-refractivity contribution in [3.63, 3.8) is 0 Å². The van der Waals surface area contributed by atoms with Gasteiger partial charge in [-0.05, 0) is 64.0 Å². The summed E-state index contributed by atoms with van der Waals surface area (Å²) >= 11 is 0. The van der Waals surface area contributed by atoms with Crippen LogP contribution in [0.3, 0.4) is 0 Å². The van der Waals surface area contributed by atoms with Crippen molar-refractivity contribution in [1.82, 2.24) is 9.97 Å². The number of ether oxygens (including phenoxy) is 2. The lowest BCUT2D eigenvalue weighted by molar-refractivity contribution is -0.384. The molecule has 5 aromatic carbocycles. The molecule has 2 aromatic heterocycles. The van der Waals surface area contributed by atoms with E-state index in [1.165, 1.54) is 30.3 Å². The number of nitro benzene ring substituents is 1. The Morgan fingerprint density at radius 3 is 1.37 bits per heavy atom. The lowest BCUT2D eigenvalue weighted by Crippen LogP contribution is -2.22. The summed E-state index contributed by atoms with van der Waals surface area (Å²) in [5, 5.41) is 25.6. The molecule has 7 aromatic rings. The minimum absolute atomic E-state index is 0.0186. The summed E-state index contributed by atoms with van der Waals surface area (Å²) in [7, 11) is 0. The molecular formula is C42H29N7O8. The lowest BCUT2D eigenvalue weighted by Gasteiger charge is -2.19. The summed E-state index contributed by atoms with van der Waals surface area (Å²) in [4.78, 5) is 73.0. The van der Waals surface area contributed by atoms with Gasteiger partial charge in [-0.2, -0.15) is 0 Å². The molecule has 280 valence electrons. The van der Waals surface area contributed by atoms with Gasteiger partial charge >= 0.3 is 0 Å². The molecule has 0 radical (unpaired) electrons. The predicted molar refractivity (Wildman–Crippen MR) is 213 cm³/mol. The van der Waals surface area contributed by atoms with Gasteiger partial charge in [0.2, 0.25) is 0 Å². The number of carbonyl (C=O) groups excluding carboxylic acids is 4. The Labute approximate surface area is 322 Å². The smallest absolute Gasteiger partial charge is 0.271 e. The molecule has 1 aliphatic heterocycles. The van der Waals surface area contributed by atoms with Gasteiger partial charge in [-0.15, -0.1) is 0 Å². The standard InChI is InChI=1S/C42H29N7O8/c50-37-22-56-31-17-15-24-7-1-3-9-29(24)39(31)40-30-10-4-2-8-25(30)16-18-32(40)57-23-38(51)46-34-12-6-14-36(44-34)48-42(53)27-19-26(20-28(21-27)49(54)55)41(52)47-35-13-5-11-33(43-35)45-37/h1-21H,22-23H2,(H2,43,45,47,50,52)(H2,44,46,48,51,53). The quantitative estimate of drug-likeness (QED) is 0.0978. The Morgan fingerprint density at radius 1 is 0.509 bits per heavy atom. The number of pyridine rings is 2. The van der Waals surface area contributed by atoms with Crippen LogP contribution < -0.4 is 30.7 Å². The van der Waals surface area contributed by atoms with Crippen LogP contribution in [0, 0.1) is 10.1 Å². The molecule has 0 atom stereocenters. The Morgan fingerprint density at radius 2 is 0.930 bits per heavy atom. The zero-order valence-corrected chi connectivity index (χ0v) is 29.6. The van der Waals surface area contributed by atoms with Gasteiger partial charge in [0.15, 0.2) is 13.2 Å². The van der Waals surface area contributed by atoms with E-state index < -0.39 is 47.5 Å². The highest BCUT2D eigenvalue weighted by molar-refractivity contribution is 6.11. The first-order chi connectivity index (χ1) is 27.7. The zero-order valence-electron chi connectivity index (χ0n) is 29.6. The molecule has 6 bridgehead atoms. The fourth-order valence-corrected chi connectivity index (χ4v) is 6.41. The van der Waals surface area contributed by atoms with E-state index in [1.807, 2.05) is 60.7 Å². The van der Waals surface area contributed by atoms with Crippen molar-refractivity contribution in [3.05, 3.63) is 149 Å². The first kappa shape index (κ1) is 35.8. The van der Waals surface area contributed by atoms with Crippen molar-refractivity contribution in [2.75, 3.05) is 34.5 Å². The number of hydrogen-bond acceptors (Lipinski definition) is 10. The van der Waals surface area contributed by atoms with E-state index in [0.29, 0.717) is 22.6 Å². The van der Waals surface area contributed by atoms with Crippen molar-refractivity contribution >= 4 is 74.1 Å². The number of amides is 4. The van der Waals surface area contributed by atoms with Gasteiger partial charge in [0.1, 0.15) is 34.8 Å². The molecule has 0 fully saturated rings. The van der Waals surface area contributed by atoms with E-state index >= 15 is 0 Å². The Balaban J connectivity index is 1.21. The number of nitro groups is 1. The molecular weight excluding hydrogens is 731 g/mol. The molecule has 0 unspecified atom stereocenters. The summed E-state index contributed by atoms with van der Waals surface area (Å²) in [6.07, 6.45) is 0. The molecule has 0 aliphatic carbocycles. The monoisotopic (exact) mass is 759 g/mol. The van der Waals surface area contributed by atoms with Crippen LogP contribution in [0.5, 0.6) is 11.5 Å². The van der Waals surface area contributed by atoms with Crippen LogP contribution in [0.15, 0.2) is 127 Å². The SMILES string of the molecule is O=C1COc2ccc3ccccc3c2-c2c(ccc3ccccc23)OCC(=O)Nc2cccc(n2)NC(=O)c2cc(cc([N+](=O)[O-])c2)C(=O)Nc2cccc(n2)N1. The lowest BCUT2D eigenvalue weighted by atomic mass is 9.92. The number of carbonyl (C=O) groups is 4. The van der Waals surface area contributed by atoms with Gasteiger partial charge in [-0.1, -0.05) is 72.8 Å². The average molecular weight is 760 g/mol. The van der Waals surface area contributed by atoms with Crippen LogP contribution in [0.4, 0.5) is 29.0 Å². The van der Waals surface area contributed by atoms with Crippen molar-refractivity contribution in [1.29, 1.82) is 0 Å². The third-order valence-electron chi connectivity index (χ3n) is 8.92. The number of hydrogen-bond donors (Lipinski definition) is 4. The number of rotatable bonds is 1. The Hall–Kier alpha value is -8.20. The van der Waals surface area contributed by atoms with Crippen LogP contribution in [-0.4, -0.2) is 51.7 Å². The topological polar surface area (TPSA) is 204 Å². The third kappa shape index (κ3) is 7.74. The van der Waals surface area contributed by atoms with Crippen molar-refractivity contribution in [3.8, 4) is 22.6 Å². The summed E-state index contributed by atoms with van der Waals surface area (Å²) in [5.74, 6) is -1.79. The molecule has 0 saturated carbocycles. The Kier molecular flexibility index (Phi) is 9.59. The maximum Gasteiger partial charge on any atom is 0.271 e. The molecule has 8 rings (SSSR count). The molecule has 0 spiro atoms. The van der Waals surface area contributed by atoms with E-state index in [9.17, 15) is 29.3 Å². The number of nitrogens with one attached hydrogen (secondary N) is 4. The van der Waals surface area contributed by atoms with E-state index in [-0.39, 0.29) is 34.4 Å². The number of aromatic nitrogens is 2. The van der Waals surface area contributed by atoms with Crippen molar-refractivity contribution < 1.29 is 33.6 Å². The molecule has 4 N–H and O–H groups in total. The molecule has 4 amide bonds. The minimum atomic E-state index is -0.806. The van der Waals surface area contributed by atoms with Gasteiger partial charge in [-0.3, -0.25) is 29.3 Å². The second-order valence-corrected chi connectivity index (χ2v) is 12.7. The van der Waals surface area contributed by atoms with Crippen molar-refractivity contribution in [2.45, 2.75) is 0 Å². The van der Waals surface area contributed by atoms with Crippen molar-refractivity contribution in [2.24, 2.45) is 0 Å². The van der Waals surface area contributed by atoms with E-state index in [0.717, 1.165) is 33.7 Å². The Bertz CT molecular complexity index is 2610. The van der Waals surface area contributed by atoms with E-state index in [2.05, 4.69) is 31.2 Å². The zero-order chi connectivity index (χ0) is 39.5. The number of non-ortho nitro benzene ring substituents is 1. The predicted octanol–water partition coefficient (Wildman–Crippen LogP) is 7.21. The first-order valence-corrected chi connectivity index (χ1v) is 17.4. The van der Waals surface area contributed by atoms with E-state index in [4.69, 9.17) is 9.47 Å². The molecule has 0 saturated heterocycles. The largest absolute Gasteiger partial charge is 0.483 e. The summed E-state index contributed by atoms with van der Waals surface area (Å²) in [5.41, 5.74) is 0.333. The van der Waals surface area contributed by atoms with E-state index in [1.54, 1.807) is 24.3 Å². The maximum atomic E-state index is 13.3. The van der Waals surface area contributed by atoms with Crippen LogP contribution in [0.1, 0.15) is 20.7 Å². The highest BCUT2D eigenvalue weighted by Crippen LogP contribution is 2.45.